The van der Waals surface area contributed by atoms with Gasteiger partial charge in [-0.1, -0.05) is 17.7 Å². The van der Waals surface area contributed by atoms with Gasteiger partial charge in [-0.3, -0.25) is 15.1 Å². The van der Waals surface area contributed by atoms with E-state index in [1.165, 1.54) is 31.3 Å². The summed E-state index contributed by atoms with van der Waals surface area (Å²) >= 11 is 5.93. The van der Waals surface area contributed by atoms with Gasteiger partial charge in [-0.25, -0.2) is 4.39 Å². The van der Waals surface area contributed by atoms with Gasteiger partial charge in [0.15, 0.2) is 0 Å². The lowest BCUT2D eigenvalue weighted by molar-refractivity contribution is -0.385. The van der Waals surface area contributed by atoms with Crippen molar-refractivity contribution in [3.05, 3.63) is 57.1 Å². The van der Waals surface area contributed by atoms with E-state index in [9.17, 15) is 14.5 Å². The summed E-state index contributed by atoms with van der Waals surface area (Å²) < 4.78 is 13.8. The number of pyridine rings is 1. The molecule has 4 nitrogen and oxygen atoms in total. The van der Waals surface area contributed by atoms with E-state index in [1.807, 2.05) is 0 Å². The Morgan fingerprint density at radius 2 is 2.11 bits per heavy atom. The lowest BCUT2D eigenvalue weighted by Gasteiger charge is -2.08. The summed E-state index contributed by atoms with van der Waals surface area (Å²) in [5, 5.41) is 11.0. The monoisotopic (exact) mass is 266 g/mol. The Balaban J connectivity index is 2.73. The van der Waals surface area contributed by atoms with Gasteiger partial charge in [-0.15, -0.1) is 0 Å². The van der Waals surface area contributed by atoms with Gasteiger partial charge in [0.2, 0.25) is 0 Å². The molecule has 1 heterocycles. The highest BCUT2D eigenvalue weighted by Crippen LogP contribution is 2.34. The summed E-state index contributed by atoms with van der Waals surface area (Å²) in [7, 11) is 0. The second-order valence-electron chi connectivity index (χ2n) is 3.68. The van der Waals surface area contributed by atoms with Crippen LogP contribution in [0.3, 0.4) is 0 Å². The molecule has 18 heavy (non-hydrogen) atoms. The first-order chi connectivity index (χ1) is 8.52. The van der Waals surface area contributed by atoms with Crippen LogP contribution in [-0.2, 0) is 0 Å². The quantitative estimate of drug-likeness (QED) is 0.614. The number of benzene rings is 1. The Morgan fingerprint density at radius 3 is 2.72 bits per heavy atom. The third-order valence-electron chi connectivity index (χ3n) is 2.62. The van der Waals surface area contributed by atoms with Crippen molar-refractivity contribution in [2.45, 2.75) is 6.92 Å². The second-order valence-corrected chi connectivity index (χ2v) is 4.09. The molecule has 2 rings (SSSR count). The molecule has 0 radical (unpaired) electrons. The molecule has 0 amide bonds. The van der Waals surface area contributed by atoms with Gasteiger partial charge in [0.05, 0.1) is 9.95 Å². The van der Waals surface area contributed by atoms with E-state index in [-0.39, 0.29) is 16.3 Å². The van der Waals surface area contributed by atoms with Crippen LogP contribution in [0.1, 0.15) is 5.56 Å². The molecule has 1 aromatic carbocycles. The lowest BCUT2D eigenvalue weighted by atomic mass is 10.0. The number of aromatic nitrogens is 1. The summed E-state index contributed by atoms with van der Waals surface area (Å²) in [6.45, 7) is 1.54. The zero-order chi connectivity index (χ0) is 13.3. The maximum absolute atomic E-state index is 13.8. The van der Waals surface area contributed by atoms with Crippen molar-refractivity contribution in [2.75, 3.05) is 0 Å². The van der Waals surface area contributed by atoms with Gasteiger partial charge < -0.3 is 0 Å². The van der Waals surface area contributed by atoms with E-state index in [4.69, 9.17) is 11.6 Å². The molecule has 0 atom stereocenters. The SMILES string of the molecule is Cc1c(-c2c(F)cccc2Cl)cncc1[N+](=O)[O-]. The minimum Gasteiger partial charge on any atom is -0.258 e. The van der Waals surface area contributed by atoms with Crippen LogP contribution in [0.25, 0.3) is 11.1 Å². The molecule has 2 aromatic rings. The highest BCUT2D eigenvalue weighted by Gasteiger charge is 2.19. The van der Waals surface area contributed by atoms with Gasteiger partial charge in [-0.2, -0.15) is 0 Å². The largest absolute Gasteiger partial charge is 0.291 e. The minimum absolute atomic E-state index is 0.132. The Morgan fingerprint density at radius 1 is 1.39 bits per heavy atom. The molecular weight excluding hydrogens is 259 g/mol. The zero-order valence-electron chi connectivity index (χ0n) is 9.35. The predicted molar refractivity (Wildman–Crippen MR) is 66.0 cm³/mol. The number of hydrogen-bond donors (Lipinski definition) is 0. The van der Waals surface area contributed by atoms with E-state index < -0.39 is 10.7 Å². The molecule has 0 unspecified atom stereocenters. The standard InChI is InChI=1S/C12H8ClFN2O2/c1-7-8(5-15-6-11(7)16(17)18)12-9(13)3-2-4-10(12)14/h2-6H,1H3. The average Bonchev–Trinajstić information content (AvgIpc) is 2.30. The van der Waals surface area contributed by atoms with Crippen molar-refractivity contribution < 1.29 is 9.31 Å². The topological polar surface area (TPSA) is 56.0 Å². The van der Waals surface area contributed by atoms with Crippen LogP contribution in [0.2, 0.25) is 5.02 Å². The van der Waals surface area contributed by atoms with Crippen molar-refractivity contribution in [3.63, 3.8) is 0 Å². The molecule has 92 valence electrons. The number of nitro groups is 1. The molecule has 0 aliphatic carbocycles. The Labute approximate surface area is 107 Å². The Bertz CT molecular complexity index is 611. The smallest absolute Gasteiger partial charge is 0.258 e. The summed E-state index contributed by atoms with van der Waals surface area (Å²) in [6.07, 6.45) is 2.50. The van der Waals surface area contributed by atoms with Gasteiger partial charge in [0, 0.05) is 22.9 Å². The van der Waals surface area contributed by atoms with Crippen LogP contribution in [-0.4, -0.2) is 9.91 Å². The normalized spacial score (nSPS) is 10.4. The molecule has 0 aliphatic heterocycles. The molecule has 6 heteroatoms. The zero-order valence-corrected chi connectivity index (χ0v) is 10.1. The average molecular weight is 267 g/mol. The lowest BCUT2D eigenvalue weighted by Crippen LogP contribution is -1.97. The molecular formula is C12H8ClFN2O2. The van der Waals surface area contributed by atoms with Crippen LogP contribution in [0.5, 0.6) is 0 Å². The number of halogens is 2. The summed E-state index contributed by atoms with van der Waals surface area (Å²) in [5.74, 6) is -0.534. The van der Waals surface area contributed by atoms with Crippen LogP contribution in [0, 0.1) is 22.9 Å². The van der Waals surface area contributed by atoms with E-state index >= 15 is 0 Å². The molecule has 0 bridgehead atoms. The fourth-order valence-electron chi connectivity index (χ4n) is 1.71. The third-order valence-corrected chi connectivity index (χ3v) is 2.93. The van der Waals surface area contributed by atoms with Crippen molar-refractivity contribution in [1.82, 2.24) is 4.98 Å². The van der Waals surface area contributed by atoms with Crippen LogP contribution >= 0.6 is 11.6 Å². The second kappa shape index (κ2) is 4.70. The molecule has 0 saturated carbocycles. The number of nitrogens with zero attached hydrogens (tertiary/aromatic N) is 2. The number of rotatable bonds is 2. The Hall–Kier alpha value is -2.01. The summed E-state index contributed by atoms with van der Waals surface area (Å²) in [6, 6.07) is 4.25. The molecule has 0 fully saturated rings. The Kier molecular flexibility index (Phi) is 3.25. The predicted octanol–water partition coefficient (Wildman–Crippen LogP) is 3.76. The van der Waals surface area contributed by atoms with Crippen molar-refractivity contribution in [1.29, 1.82) is 0 Å². The van der Waals surface area contributed by atoms with Gasteiger partial charge >= 0.3 is 0 Å². The van der Waals surface area contributed by atoms with E-state index in [0.29, 0.717) is 11.1 Å². The molecule has 0 spiro atoms. The van der Waals surface area contributed by atoms with Crippen molar-refractivity contribution >= 4 is 17.3 Å². The molecule has 0 N–H and O–H groups in total. The van der Waals surface area contributed by atoms with Gasteiger partial charge in [-0.05, 0) is 19.1 Å². The molecule has 0 saturated heterocycles. The van der Waals surface area contributed by atoms with E-state index in [1.54, 1.807) is 0 Å². The van der Waals surface area contributed by atoms with Crippen molar-refractivity contribution in [2.24, 2.45) is 0 Å². The fraction of sp³-hybridized carbons (Fsp3) is 0.0833. The molecule has 1 aromatic heterocycles. The highest BCUT2D eigenvalue weighted by atomic mass is 35.5. The maximum Gasteiger partial charge on any atom is 0.291 e. The van der Waals surface area contributed by atoms with Crippen LogP contribution in [0.4, 0.5) is 10.1 Å². The van der Waals surface area contributed by atoms with Crippen LogP contribution in [0.15, 0.2) is 30.6 Å². The summed E-state index contributed by atoms with van der Waals surface area (Å²) in [5.41, 5.74) is 0.633. The third kappa shape index (κ3) is 2.04. The maximum atomic E-state index is 13.8. The molecule has 0 aliphatic rings. The van der Waals surface area contributed by atoms with Gasteiger partial charge in [0.25, 0.3) is 5.69 Å². The highest BCUT2D eigenvalue weighted by molar-refractivity contribution is 6.33. The first-order valence-corrected chi connectivity index (χ1v) is 5.43. The first-order valence-electron chi connectivity index (χ1n) is 5.05. The van der Waals surface area contributed by atoms with Gasteiger partial charge in [0.1, 0.15) is 12.0 Å². The van der Waals surface area contributed by atoms with E-state index in [0.717, 1.165) is 6.20 Å². The van der Waals surface area contributed by atoms with Crippen molar-refractivity contribution in [3.8, 4) is 11.1 Å². The fourth-order valence-corrected chi connectivity index (χ4v) is 1.97. The van der Waals surface area contributed by atoms with E-state index in [2.05, 4.69) is 4.98 Å². The number of hydrogen-bond acceptors (Lipinski definition) is 3. The summed E-state index contributed by atoms with van der Waals surface area (Å²) in [4.78, 5) is 14.0. The minimum atomic E-state index is -0.555. The first kappa shape index (κ1) is 12.4. The van der Waals surface area contributed by atoms with Crippen LogP contribution < -0.4 is 0 Å².